The third kappa shape index (κ3) is 4.33. The number of carbonyl (C=O) groups is 2. The maximum atomic E-state index is 12.5. The lowest BCUT2D eigenvalue weighted by Gasteiger charge is -2.18. The van der Waals surface area contributed by atoms with Gasteiger partial charge in [0.2, 0.25) is 5.91 Å². The molecule has 0 unspecified atom stereocenters. The predicted octanol–water partition coefficient (Wildman–Crippen LogP) is 2.64. The molecule has 0 saturated heterocycles. The minimum atomic E-state index is -0.630. The number of nitro groups is 1. The molecule has 1 aliphatic rings. The number of thioether (sulfide) groups is 1. The van der Waals surface area contributed by atoms with Gasteiger partial charge in [0.15, 0.2) is 17.5 Å². The van der Waals surface area contributed by atoms with Gasteiger partial charge in [-0.3, -0.25) is 19.7 Å². The first-order valence-electron chi connectivity index (χ1n) is 9.07. The molecule has 2 amide bonds. The lowest BCUT2D eigenvalue weighted by atomic mass is 10.2. The third-order valence-electron chi connectivity index (χ3n) is 4.35. The Hall–Kier alpha value is -3.93. The average molecular weight is 440 g/mol. The highest BCUT2D eigenvalue weighted by Gasteiger charge is 2.24. The molecule has 0 atom stereocenters. The molecule has 1 aliphatic heterocycles. The standard InChI is InChI=1S/C19H16N6O5S/c1-20-18-10-4-2-3-5-11(10)23-19(24-18)31-9-17(27)21-12-6-13-15(7-14(12)25(28)29)30-8-16(26)22-13/h2-7H,8-9H2,1H3,(H,21,27)(H,22,26)(H,20,23,24). The summed E-state index contributed by atoms with van der Waals surface area (Å²) < 4.78 is 5.19. The molecule has 0 bridgehead atoms. The largest absolute Gasteiger partial charge is 0.481 e. The summed E-state index contributed by atoms with van der Waals surface area (Å²) in [5, 5.41) is 20.7. The number of ether oxygens (including phenoxy) is 1. The van der Waals surface area contributed by atoms with Crippen molar-refractivity contribution in [3.63, 3.8) is 0 Å². The fraction of sp³-hybridized carbons (Fsp3) is 0.158. The molecule has 2 heterocycles. The van der Waals surface area contributed by atoms with E-state index in [1.165, 1.54) is 12.1 Å². The molecule has 12 heteroatoms. The van der Waals surface area contributed by atoms with Gasteiger partial charge in [-0.1, -0.05) is 23.9 Å². The van der Waals surface area contributed by atoms with Crippen molar-refractivity contribution in [2.75, 3.05) is 35.4 Å². The highest BCUT2D eigenvalue weighted by molar-refractivity contribution is 7.99. The van der Waals surface area contributed by atoms with Gasteiger partial charge in [0, 0.05) is 12.4 Å². The Labute approximate surface area is 179 Å². The van der Waals surface area contributed by atoms with Crippen LogP contribution in [0.5, 0.6) is 5.75 Å². The molecule has 31 heavy (non-hydrogen) atoms. The van der Waals surface area contributed by atoms with Crippen molar-refractivity contribution in [2.45, 2.75) is 5.16 Å². The van der Waals surface area contributed by atoms with Gasteiger partial charge < -0.3 is 20.7 Å². The molecule has 0 spiro atoms. The van der Waals surface area contributed by atoms with Crippen molar-refractivity contribution in [3.05, 3.63) is 46.5 Å². The van der Waals surface area contributed by atoms with Gasteiger partial charge in [-0.05, 0) is 18.2 Å². The summed E-state index contributed by atoms with van der Waals surface area (Å²) in [4.78, 5) is 43.6. The number of nitrogens with zero attached hydrogens (tertiary/aromatic N) is 3. The van der Waals surface area contributed by atoms with E-state index in [4.69, 9.17) is 4.74 Å². The zero-order valence-electron chi connectivity index (χ0n) is 16.2. The number of para-hydroxylation sites is 1. The Morgan fingerprint density at radius 2 is 2.13 bits per heavy atom. The highest BCUT2D eigenvalue weighted by atomic mass is 32.2. The normalized spacial score (nSPS) is 12.5. The Bertz CT molecular complexity index is 1220. The van der Waals surface area contributed by atoms with Crippen LogP contribution in [0, 0.1) is 10.1 Å². The number of nitrogens with one attached hydrogen (secondary N) is 3. The van der Waals surface area contributed by atoms with Crippen molar-refractivity contribution in [1.82, 2.24) is 9.97 Å². The first-order valence-corrected chi connectivity index (χ1v) is 10.1. The summed E-state index contributed by atoms with van der Waals surface area (Å²) in [5.41, 5.74) is 0.593. The number of nitro benzene ring substituents is 1. The number of fused-ring (bicyclic) bond motifs is 2. The van der Waals surface area contributed by atoms with Gasteiger partial charge in [-0.25, -0.2) is 9.97 Å². The smallest absolute Gasteiger partial charge is 0.296 e. The van der Waals surface area contributed by atoms with E-state index in [0.29, 0.717) is 11.0 Å². The zero-order chi connectivity index (χ0) is 22.0. The second-order valence-corrected chi connectivity index (χ2v) is 7.36. The maximum absolute atomic E-state index is 12.5. The van der Waals surface area contributed by atoms with Crippen molar-refractivity contribution in [3.8, 4) is 5.75 Å². The topological polar surface area (TPSA) is 148 Å². The van der Waals surface area contributed by atoms with Crippen molar-refractivity contribution in [1.29, 1.82) is 0 Å². The van der Waals surface area contributed by atoms with Crippen LogP contribution in [0.2, 0.25) is 0 Å². The van der Waals surface area contributed by atoms with E-state index in [9.17, 15) is 19.7 Å². The van der Waals surface area contributed by atoms with Crippen molar-refractivity contribution >= 4 is 57.4 Å². The molecule has 0 radical (unpaired) electrons. The van der Waals surface area contributed by atoms with E-state index in [1.54, 1.807) is 7.05 Å². The van der Waals surface area contributed by atoms with Crippen LogP contribution in [0.15, 0.2) is 41.6 Å². The van der Waals surface area contributed by atoms with E-state index in [2.05, 4.69) is 25.9 Å². The minimum Gasteiger partial charge on any atom is -0.481 e. The summed E-state index contributed by atoms with van der Waals surface area (Å²) in [6.07, 6.45) is 0. The predicted molar refractivity (Wildman–Crippen MR) is 116 cm³/mol. The van der Waals surface area contributed by atoms with Crippen LogP contribution in [-0.4, -0.2) is 46.1 Å². The molecule has 0 aliphatic carbocycles. The van der Waals surface area contributed by atoms with Crippen LogP contribution < -0.4 is 20.7 Å². The van der Waals surface area contributed by atoms with Crippen LogP contribution in [0.1, 0.15) is 0 Å². The molecule has 1 aromatic heterocycles. The molecule has 4 rings (SSSR count). The molecule has 3 N–H and O–H groups in total. The van der Waals surface area contributed by atoms with E-state index < -0.39 is 10.8 Å². The number of amides is 2. The van der Waals surface area contributed by atoms with Gasteiger partial charge in [0.1, 0.15) is 11.5 Å². The van der Waals surface area contributed by atoms with Gasteiger partial charge in [-0.15, -0.1) is 0 Å². The van der Waals surface area contributed by atoms with Gasteiger partial charge in [0.05, 0.1) is 27.9 Å². The molecule has 0 fully saturated rings. The number of hydrogen-bond acceptors (Lipinski definition) is 9. The third-order valence-corrected chi connectivity index (χ3v) is 5.20. The van der Waals surface area contributed by atoms with Crippen LogP contribution in [0.3, 0.4) is 0 Å². The second-order valence-electron chi connectivity index (χ2n) is 6.42. The summed E-state index contributed by atoms with van der Waals surface area (Å²) in [5.74, 6) is -0.141. The highest BCUT2D eigenvalue weighted by Crippen LogP contribution is 2.38. The summed E-state index contributed by atoms with van der Waals surface area (Å²) in [6.45, 7) is -0.229. The second kappa shape index (κ2) is 8.44. The zero-order valence-corrected chi connectivity index (χ0v) is 17.0. The lowest BCUT2D eigenvalue weighted by Crippen LogP contribution is -2.26. The van der Waals surface area contributed by atoms with Crippen LogP contribution >= 0.6 is 11.8 Å². The molecule has 158 valence electrons. The first kappa shape index (κ1) is 20.3. The van der Waals surface area contributed by atoms with E-state index in [1.807, 2.05) is 24.3 Å². The number of aromatic nitrogens is 2. The van der Waals surface area contributed by atoms with Crippen molar-refractivity contribution < 1.29 is 19.2 Å². The monoisotopic (exact) mass is 440 g/mol. The fourth-order valence-electron chi connectivity index (χ4n) is 2.99. The molecule has 2 aromatic carbocycles. The van der Waals surface area contributed by atoms with Crippen LogP contribution in [-0.2, 0) is 9.59 Å². The Balaban J connectivity index is 1.51. The molecular formula is C19H16N6O5S. The van der Waals surface area contributed by atoms with Gasteiger partial charge >= 0.3 is 0 Å². The Kier molecular flexibility index (Phi) is 5.54. The van der Waals surface area contributed by atoms with Crippen LogP contribution in [0.25, 0.3) is 10.9 Å². The number of carbonyl (C=O) groups excluding carboxylic acids is 2. The molecule has 3 aromatic rings. The van der Waals surface area contributed by atoms with E-state index in [-0.39, 0.29) is 41.1 Å². The van der Waals surface area contributed by atoms with E-state index in [0.717, 1.165) is 22.7 Å². The maximum Gasteiger partial charge on any atom is 0.296 e. The Morgan fingerprint density at radius 1 is 1.32 bits per heavy atom. The molecular weight excluding hydrogens is 424 g/mol. The number of hydrogen-bond donors (Lipinski definition) is 3. The first-order chi connectivity index (χ1) is 14.9. The fourth-order valence-corrected chi connectivity index (χ4v) is 3.64. The average Bonchev–Trinajstić information content (AvgIpc) is 2.76. The van der Waals surface area contributed by atoms with Crippen LogP contribution in [0.4, 0.5) is 22.9 Å². The number of anilines is 3. The SMILES string of the molecule is CNc1nc(SCC(=O)Nc2cc3c(cc2[N+](=O)[O-])OCC(=O)N3)nc2ccccc12. The summed E-state index contributed by atoms with van der Waals surface area (Å²) in [7, 11) is 1.74. The Morgan fingerprint density at radius 3 is 2.90 bits per heavy atom. The number of benzene rings is 2. The van der Waals surface area contributed by atoms with Gasteiger partial charge in [-0.2, -0.15) is 0 Å². The summed E-state index contributed by atoms with van der Waals surface area (Å²) >= 11 is 1.10. The van der Waals surface area contributed by atoms with Crippen molar-refractivity contribution in [2.24, 2.45) is 0 Å². The molecule has 0 saturated carbocycles. The van der Waals surface area contributed by atoms with E-state index >= 15 is 0 Å². The quantitative estimate of drug-likeness (QED) is 0.228. The molecule has 11 nitrogen and oxygen atoms in total. The summed E-state index contributed by atoms with van der Waals surface area (Å²) in [6, 6.07) is 9.94. The van der Waals surface area contributed by atoms with Gasteiger partial charge in [0.25, 0.3) is 11.6 Å². The lowest BCUT2D eigenvalue weighted by molar-refractivity contribution is -0.384. The number of rotatable bonds is 6. The minimum absolute atomic E-state index is 0.0458.